The minimum Gasteiger partial charge on any atom is -0.481 e. The first-order valence-corrected chi connectivity index (χ1v) is 8.59. The number of furan rings is 1. The van der Waals surface area contributed by atoms with Crippen LogP contribution in [0.15, 0.2) is 23.1 Å². The van der Waals surface area contributed by atoms with Crippen molar-refractivity contribution in [3.05, 3.63) is 35.8 Å². The zero-order valence-electron chi connectivity index (χ0n) is 15.3. The Balaban J connectivity index is 2.28. The molecule has 0 spiro atoms. The van der Waals surface area contributed by atoms with Gasteiger partial charge in [0, 0.05) is 24.1 Å². The minimum absolute atomic E-state index is 0.146. The molecule has 3 N–H and O–H groups in total. The number of allylic oxidation sites excluding steroid dienone is 1. The Morgan fingerprint density at radius 2 is 2.16 bits per heavy atom. The maximum Gasteiger partial charge on any atom is 0.311 e. The fourth-order valence-corrected chi connectivity index (χ4v) is 3.61. The maximum atomic E-state index is 11.8. The second kappa shape index (κ2) is 7.04. The van der Waals surface area contributed by atoms with Crippen molar-refractivity contribution in [2.24, 2.45) is 11.1 Å². The number of likely N-dealkylation sites (tertiary alicyclic amines) is 1. The Labute approximate surface area is 148 Å². The standard InChI is InChI=1S/C19H28N2O4/c1-5-7-19(17(23)24)8-6-9-21(12-19)11-13-10-14(16(20)22)25-15(13)18(2,3)4/h5,10H,1,6-9,11-12H2,2-4H3,(H2,20,22)(H,23,24)/t19-/m0/s1. The maximum absolute atomic E-state index is 11.8. The van der Waals surface area contributed by atoms with Gasteiger partial charge in [0.1, 0.15) is 5.76 Å². The largest absolute Gasteiger partial charge is 0.481 e. The molecule has 1 saturated heterocycles. The predicted molar refractivity (Wildman–Crippen MR) is 95.3 cm³/mol. The van der Waals surface area contributed by atoms with Crippen molar-refractivity contribution in [1.29, 1.82) is 0 Å². The highest BCUT2D eigenvalue weighted by Gasteiger charge is 2.41. The molecule has 0 aromatic carbocycles. The third kappa shape index (κ3) is 4.12. The van der Waals surface area contributed by atoms with Gasteiger partial charge >= 0.3 is 5.97 Å². The van der Waals surface area contributed by atoms with Crippen molar-refractivity contribution >= 4 is 11.9 Å². The van der Waals surface area contributed by atoms with Crippen LogP contribution >= 0.6 is 0 Å². The summed E-state index contributed by atoms with van der Waals surface area (Å²) in [5.74, 6) is -0.510. The lowest BCUT2D eigenvalue weighted by atomic mass is 9.77. The van der Waals surface area contributed by atoms with Gasteiger partial charge in [-0.1, -0.05) is 26.8 Å². The van der Waals surface area contributed by atoms with Crippen LogP contribution in [0.2, 0.25) is 0 Å². The number of piperidine rings is 1. The summed E-state index contributed by atoms with van der Waals surface area (Å²) in [5, 5.41) is 9.71. The van der Waals surface area contributed by atoms with E-state index < -0.39 is 17.3 Å². The zero-order chi connectivity index (χ0) is 18.8. The molecule has 6 heteroatoms. The molecule has 0 aliphatic carbocycles. The van der Waals surface area contributed by atoms with E-state index in [1.807, 2.05) is 20.8 Å². The Bertz CT molecular complexity index is 671. The third-order valence-corrected chi connectivity index (χ3v) is 4.77. The molecule has 0 unspecified atom stereocenters. The average Bonchev–Trinajstić information content (AvgIpc) is 2.92. The number of carboxylic acid groups (broad SMARTS) is 1. The first-order chi connectivity index (χ1) is 11.6. The Morgan fingerprint density at radius 3 is 2.68 bits per heavy atom. The van der Waals surface area contributed by atoms with Gasteiger partial charge in [-0.05, 0) is 31.9 Å². The van der Waals surface area contributed by atoms with E-state index in [0.717, 1.165) is 24.3 Å². The molecule has 1 aromatic rings. The molecule has 2 rings (SSSR count). The molecular weight excluding hydrogens is 320 g/mol. The zero-order valence-corrected chi connectivity index (χ0v) is 15.3. The number of carbonyl (C=O) groups is 2. The monoisotopic (exact) mass is 348 g/mol. The fourth-order valence-electron chi connectivity index (χ4n) is 3.61. The van der Waals surface area contributed by atoms with E-state index >= 15 is 0 Å². The van der Waals surface area contributed by atoms with E-state index in [2.05, 4.69) is 11.5 Å². The van der Waals surface area contributed by atoms with Gasteiger partial charge in [0.05, 0.1) is 5.41 Å². The van der Waals surface area contributed by atoms with Gasteiger partial charge in [-0.3, -0.25) is 14.5 Å². The topological polar surface area (TPSA) is 96.8 Å². The van der Waals surface area contributed by atoms with Crippen molar-refractivity contribution in [3.8, 4) is 0 Å². The molecule has 1 aromatic heterocycles. The predicted octanol–water partition coefficient (Wildman–Crippen LogP) is 2.92. The molecule has 0 radical (unpaired) electrons. The number of hydrogen-bond donors (Lipinski definition) is 2. The summed E-state index contributed by atoms with van der Waals surface area (Å²) < 4.78 is 5.70. The van der Waals surface area contributed by atoms with Crippen LogP contribution in [0.5, 0.6) is 0 Å². The number of carboxylic acids is 1. The summed E-state index contributed by atoms with van der Waals surface area (Å²) in [6.07, 6.45) is 3.59. The molecule has 1 fully saturated rings. The smallest absolute Gasteiger partial charge is 0.311 e. The molecule has 2 heterocycles. The van der Waals surface area contributed by atoms with Crippen molar-refractivity contribution in [2.75, 3.05) is 13.1 Å². The number of nitrogens with zero attached hydrogens (tertiary/aromatic N) is 1. The molecule has 1 aliphatic rings. The summed E-state index contributed by atoms with van der Waals surface area (Å²) in [7, 11) is 0. The summed E-state index contributed by atoms with van der Waals surface area (Å²) >= 11 is 0. The second-order valence-electron chi connectivity index (χ2n) is 7.97. The van der Waals surface area contributed by atoms with E-state index in [1.165, 1.54) is 0 Å². The lowest BCUT2D eigenvalue weighted by Gasteiger charge is -2.39. The van der Waals surface area contributed by atoms with Crippen molar-refractivity contribution in [1.82, 2.24) is 4.90 Å². The average molecular weight is 348 g/mol. The number of rotatable bonds is 6. The lowest BCUT2D eigenvalue weighted by molar-refractivity contribution is -0.152. The number of amides is 1. The van der Waals surface area contributed by atoms with Crippen LogP contribution in [0.25, 0.3) is 0 Å². The quantitative estimate of drug-likeness (QED) is 0.771. The molecule has 6 nitrogen and oxygen atoms in total. The van der Waals surface area contributed by atoms with Gasteiger partial charge in [0.25, 0.3) is 5.91 Å². The van der Waals surface area contributed by atoms with E-state index in [9.17, 15) is 14.7 Å². The van der Waals surface area contributed by atoms with Crippen LogP contribution in [0.4, 0.5) is 0 Å². The van der Waals surface area contributed by atoms with E-state index in [-0.39, 0.29) is 11.2 Å². The lowest BCUT2D eigenvalue weighted by Crippen LogP contribution is -2.47. The number of aliphatic carboxylic acids is 1. The van der Waals surface area contributed by atoms with Gasteiger partial charge < -0.3 is 15.3 Å². The fraction of sp³-hybridized carbons (Fsp3) is 0.579. The molecule has 0 saturated carbocycles. The van der Waals surface area contributed by atoms with Gasteiger partial charge in [0.2, 0.25) is 0 Å². The van der Waals surface area contributed by atoms with Crippen LogP contribution in [0, 0.1) is 5.41 Å². The molecule has 1 atom stereocenters. The highest BCUT2D eigenvalue weighted by Crippen LogP contribution is 2.36. The molecule has 1 aliphatic heterocycles. The van der Waals surface area contributed by atoms with E-state index in [0.29, 0.717) is 25.9 Å². The van der Waals surface area contributed by atoms with Crippen molar-refractivity contribution in [2.45, 2.75) is 52.0 Å². The summed E-state index contributed by atoms with van der Waals surface area (Å²) in [6.45, 7) is 11.5. The molecule has 25 heavy (non-hydrogen) atoms. The Hall–Kier alpha value is -2.08. The van der Waals surface area contributed by atoms with E-state index in [1.54, 1.807) is 12.1 Å². The second-order valence-corrected chi connectivity index (χ2v) is 7.97. The highest BCUT2D eigenvalue weighted by molar-refractivity contribution is 5.90. The Morgan fingerprint density at radius 1 is 1.48 bits per heavy atom. The van der Waals surface area contributed by atoms with Gasteiger partial charge in [0.15, 0.2) is 5.76 Å². The summed E-state index contributed by atoms with van der Waals surface area (Å²) in [6, 6.07) is 1.69. The van der Waals surface area contributed by atoms with Crippen LogP contribution in [-0.2, 0) is 16.8 Å². The molecule has 0 bridgehead atoms. The number of carbonyl (C=O) groups excluding carboxylic acids is 1. The van der Waals surface area contributed by atoms with E-state index in [4.69, 9.17) is 10.2 Å². The van der Waals surface area contributed by atoms with Crippen molar-refractivity contribution < 1.29 is 19.1 Å². The minimum atomic E-state index is -0.794. The summed E-state index contributed by atoms with van der Waals surface area (Å²) in [5.41, 5.74) is 5.18. The third-order valence-electron chi connectivity index (χ3n) is 4.77. The molecule has 138 valence electrons. The van der Waals surface area contributed by atoms with Crippen molar-refractivity contribution in [3.63, 3.8) is 0 Å². The van der Waals surface area contributed by atoms with Crippen LogP contribution < -0.4 is 5.73 Å². The SMILES string of the molecule is C=CC[C@]1(C(=O)O)CCCN(Cc2cc(C(N)=O)oc2C(C)(C)C)C1. The first kappa shape index (κ1) is 19.2. The summed E-state index contributed by atoms with van der Waals surface area (Å²) in [4.78, 5) is 25.4. The van der Waals surface area contributed by atoms with Crippen LogP contribution in [-0.4, -0.2) is 35.0 Å². The highest BCUT2D eigenvalue weighted by atomic mass is 16.4. The number of nitrogens with two attached hydrogens (primary N) is 1. The number of primary amides is 1. The van der Waals surface area contributed by atoms with Gasteiger partial charge in [-0.15, -0.1) is 6.58 Å². The van der Waals surface area contributed by atoms with Crippen LogP contribution in [0.3, 0.4) is 0 Å². The molecule has 1 amide bonds. The van der Waals surface area contributed by atoms with Crippen LogP contribution in [0.1, 0.15) is 61.9 Å². The van der Waals surface area contributed by atoms with Gasteiger partial charge in [-0.2, -0.15) is 0 Å². The van der Waals surface area contributed by atoms with Gasteiger partial charge in [-0.25, -0.2) is 0 Å². The Kier molecular flexibility index (Phi) is 5.42. The first-order valence-electron chi connectivity index (χ1n) is 8.59. The normalized spacial score (nSPS) is 21.9. The molecular formula is C19H28N2O4. The number of hydrogen-bond acceptors (Lipinski definition) is 4.